The second-order valence-corrected chi connectivity index (χ2v) is 4.61. The van der Waals surface area contributed by atoms with E-state index in [4.69, 9.17) is 10.5 Å². The van der Waals surface area contributed by atoms with Crippen LogP contribution in [0, 0.1) is 0 Å². The first kappa shape index (κ1) is 14.2. The fraction of sp³-hybridized carbons (Fsp3) is 0.571. The van der Waals surface area contributed by atoms with Gasteiger partial charge in [0, 0.05) is 19.7 Å². The van der Waals surface area contributed by atoms with Crippen molar-refractivity contribution in [1.29, 1.82) is 0 Å². The van der Waals surface area contributed by atoms with Crippen LogP contribution in [0.25, 0.3) is 0 Å². The highest BCUT2D eigenvalue weighted by atomic mass is 16.5. The first-order chi connectivity index (χ1) is 8.13. The molecule has 1 aromatic rings. The normalized spacial score (nSPS) is 14.9. The maximum Gasteiger partial charge on any atom is 0.0669 e. The average Bonchev–Trinajstić information content (AvgIpc) is 2.36. The van der Waals surface area contributed by atoms with Crippen LogP contribution in [0.4, 0.5) is 0 Å². The molecule has 3 heteroatoms. The Labute approximate surface area is 105 Å². The number of ether oxygens (including phenoxy) is 1. The van der Waals surface area contributed by atoms with Crippen molar-refractivity contribution in [2.75, 3.05) is 27.2 Å². The standard InChI is InChI=1S/C14H24N2O/c1-12(17-3)11-16(2)10-9-14(15)13-7-5-4-6-8-13/h4-8,12,14H,9-11,15H2,1-3H3. The lowest BCUT2D eigenvalue weighted by atomic mass is 10.0. The molecule has 0 heterocycles. The molecule has 1 rings (SSSR count). The molecule has 1 aromatic carbocycles. The number of hydrogen-bond donors (Lipinski definition) is 1. The molecule has 0 aromatic heterocycles. The Morgan fingerprint density at radius 3 is 2.53 bits per heavy atom. The number of nitrogens with zero attached hydrogens (tertiary/aromatic N) is 1. The maximum atomic E-state index is 6.15. The first-order valence-corrected chi connectivity index (χ1v) is 6.15. The minimum absolute atomic E-state index is 0.122. The number of benzene rings is 1. The number of likely N-dealkylation sites (N-methyl/N-ethyl adjacent to an activating group) is 1. The molecule has 2 unspecified atom stereocenters. The van der Waals surface area contributed by atoms with Crippen molar-refractivity contribution in [2.24, 2.45) is 5.73 Å². The first-order valence-electron chi connectivity index (χ1n) is 6.15. The zero-order chi connectivity index (χ0) is 12.7. The molecule has 0 aliphatic heterocycles. The maximum absolute atomic E-state index is 6.15. The molecule has 0 spiro atoms. The van der Waals surface area contributed by atoms with Crippen molar-refractivity contribution < 1.29 is 4.74 Å². The Balaban J connectivity index is 2.31. The largest absolute Gasteiger partial charge is 0.380 e. The summed E-state index contributed by atoms with van der Waals surface area (Å²) in [5.41, 5.74) is 7.36. The molecule has 2 N–H and O–H groups in total. The lowest BCUT2D eigenvalue weighted by Gasteiger charge is -2.22. The van der Waals surface area contributed by atoms with Gasteiger partial charge in [-0.2, -0.15) is 0 Å². The summed E-state index contributed by atoms with van der Waals surface area (Å²) in [6.45, 7) is 4.01. The Morgan fingerprint density at radius 2 is 1.94 bits per heavy atom. The highest BCUT2D eigenvalue weighted by Gasteiger charge is 2.09. The van der Waals surface area contributed by atoms with Crippen LogP contribution in [0.3, 0.4) is 0 Å². The fourth-order valence-electron chi connectivity index (χ4n) is 1.83. The molecule has 0 saturated carbocycles. The zero-order valence-corrected chi connectivity index (χ0v) is 11.1. The lowest BCUT2D eigenvalue weighted by molar-refractivity contribution is 0.0848. The number of nitrogens with two attached hydrogens (primary N) is 1. The van der Waals surface area contributed by atoms with Crippen LogP contribution in [0.15, 0.2) is 30.3 Å². The SMILES string of the molecule is COC(C)CN(C)CCC(N)c1ccccc1. The zero-order valence-electron chi connectivity index (χ0n) is 11.1. The van der Waals surface area contributed by atoms with Crippen molar-refractivity contribution in [2.45, 2.75) is 25.5 Å². The number of rotatable bonds is 7. The number of methoxy groups -OCH3 is 1. The van der Waals surface area contributed by atoms with Gasteiger partial charge in [0.2, 0.25) is 0 Å². The highest BCUT2D eigenvalue weighted by Crippen LogP contribution is 2.13. The molecule has 17 heavy (non-hydrogen) atoms. The van der Waals surface area contributed by atoms with Gasteiger partial charge in [-0.3, -0.25) is 0 Å². The summed E-state index contributed by atoms with van der Waals surface area (Å²) in [6, 6.07) is 10.4. The van der Waals surface area contributed by atoms with Gasteiger partial charge in [-0.15, -0.1) is 0 Å². The van der Waals surface area contributed by atoms with Crippen molar-refractivity contribution in [1.82, 2.24) is 4.90 Å². The van der Waals surface area contributed by atoms with Gasteiger partial charge in [0.05, 0.1) is 6.10 Å². The molecule has 0 aliphatic rings. The third-order valence-electron chi connectivity index (χ3n) is 3.02. The van der Waals surface area contributed by atoms with Gasteiger partial charge in [0.1, 0.15) is 0 Å². The third kappa shape index (κ3) is 5.31. The lowest BCUT2D eigenvalue weighted by Crippen LogP contribution is -2.31. The third-order valence-corrected chi connectivity index (χ3v) is 3.02. The molecular weight excluding hydrogens is 212 g/mol. The van der Waals surface area contributed by atoms with Crippen LogP contribution in [0.5, 0.6) is 0 Å². The molecule has 0 radical (unpaired) electrons. The Kier molecular flexibility index (Phi) is 6.19. The van der Waals surface area contributed by atoms with E-state index in [9.17, 15) is 0 Å². The number of hydrogen-bond acceptors (Lipinski definition) is 3. The summed E-state index contributed by atoms with van der Waals surface area (Å²) in [7, 11) is 3.85. The summed E-state index contributed by atoms with van der Waals surface area (Å²) in [6.07, 6.45) is 1.24. The molecule has 0 fully saturated rings. The molecule has 2 atom stereocenters. The van der Waals surface area contributed by atoms with Crippen LogP contribution < -0.4 is 5.73 Å². The van der Waals surface area contributed by atoms with Gasteiger partial charge >= 0.3 is 0 Å². The quantitative estimate of drug-likeness (QED) is 0.787. The molecule has 0 bridgehead atoms. The molecule has 0 aliphatic carbocycles. The Hall–Kier alpha value is -0.900. The van der Waals surface area contributed by atoms with Gasteiger partial charge in [-0.1, -0.05) is 30.3 Å². The second-order valence-electron chi connectivity index (χ2n) is 4.61. The van der Waals surface area contributed by atoms with Crippen molar-refractivity contribution in [3.8, 4) is 0 Å². The molecule has 0 amide bonds. The predicted octanol–water partition coefficient (Wildman–Crippen LogP) is 2.04. The van der Waals surface area contributed by atoms with E-state index in [0.717, 1.165) is 19.5 Å². The topological polar surface area (TPSA) is 38.5 Å². The molecule has 96 valence electrons. The summed E-state index contributed by atoms with van der Waals surface area (Å²) in [4.78, 5) is 2.26. The summed E-state index contributed by atoms with van der Waals surface area (Å²) in [5, 5.41) is 0. The van der Waals surface area contributed by atoms with E-state index in [1.54, 1.807) is 7.11 Å². The van der Waals surface area contributed by atoms with Gasteiger partial charge in [0.15, 0.2) is 0 Å². The Morgan fingerprint density at radius 1 is 1.29 bits per heavy atom. The van der Waals surface area contributed by atoms with E-state index in [1.165, 1.54) is 5.56 Å². The second kappa shape index (κ2) is 7.43. The van der Waals surface area contributed by atoms with Gasteiger partial charge in [0.25, 0.3) is 0 Å². The average molecular weight is 236 g/mol. The van der Waals surface area contributed by atoms with Gasteiger partial charge in [-0.25, -0.2) is 0 Å². The Bertz CT molecular complexity index is 302. The van der Waals surface area contributed by atoms with E-state index in [0.29, 0.717) is 0 Å². The minimum Gasteiger partial charge on any atom is -0.380 e. The van der Waals surface area contributed by atoms with Crippen LogP contribution in [0.1, 0.15) is 24.9 Å². The van der Waals surface area contributed by atoms with E-state index in [-0.39, 0.29) is 12.1 Å². The highest BCUT2D eigenvalue weighted by molar-refractivity contribution is 5.18. The molecular formula is C14H24N2O. The monoisotopic (exact) mass is 236 g/mol. The van der Waals surface area contributed by atoms with Crippen LogP contribution in [0.2, 0.25) is 0 Å². The summed E-state index contributed by atoms with van der Waals surface area (Å²) < 4.78 is 5.24. The predicted molar refractivity (Wildman–Crippen MR) is 72.0 cm³/mol. The van der Waals surface area contributed by atoms with Gasteiger partial charge < -0.3 is 15.4 Å². The summed E-state index contributed by atoms with van der Waals surface area (Å²) >= 11 is 0. The van der Waals surface area contributed by atoms with E-state index in [2.05, 4.69) is 31.0 Å². The minimum atomic E-state index is 0.122. The van der Waals surface area contributed by atoms with E-state index in [1.807, 2.05) is 18.2 Å². The summed E-state index contributed by atoms with van der Waals surface area (Å²) in [5.74, 6) is 0. The van der Waals surface area contributed by atoms with Gasteiger partial charge in [-0.05, 0) is 32.5 Å². The van der Waals surface area contributed by atoms with E-state index >= 15 is 0 Å². The smallest absolute Gasteiger partial charge is 0.0669 e. The molecule has 3 nitrogen and oxygen atoms in total. The van der Waals surface area contributed by atoms with E-state index < -0.39 is 0 Å². The van der Waals surface area contributed by atoms with Crippen molar-refractivity contribution in [3.63, 3.8) is 0 Å². The fourth-order valence-corrected chi connectivity index (χ4v) is 1.83. The van der Waals surface area contributed by atoms with Crippen molar-refractivity contribution in [3.05, 3.63) is 35.9 Å². The van der Waals surface area contributed by atoms with Crippen LogP contribution in [-0.4, -0.2) is 38.3 Å². The van der Waals surface area contributed by atoms with Crippen LogP contribution >= 0.6 is 0 Å². The van der Waals surface area contributed by atoms with Crippen molar-refractivity contribution >= 4 is 0 Å². The molecule has 0 saturated heterocycles. The van der Waals surface area contributed by atoms with Crippen LogP contribution in [-0.2, 0) is 4.74 Å².